The molecule has 2 unspecified atom stereocenters. The molecular formula is C39H53N4O11Pr+2. The number of ether oxygens (including phenoxy) is 5. The number of amides is 5. The largest absolute Gasteiger partial charge is 3.00 e. The van der Waals surface area contributed by atoms with Gasteiger partial charge in [0.2, 0.25) is 0 Å². The summed E-state index contributed by atoms with van der Waals surface area (Å²) in [4.78, 5) is 81.2. The van der Waals surface area contributed by atoms with E-state index in [4.69, 9.17) is 23.7 Å². The van der Waals surface area contributed by atoms with E-state index in [0.717, 1.165) is 5.56 Å². The molecule has 0 radical (unpaired) electrons. The number of ketones is 1. The third-order valence-electron chi connectivity index (χ3n) is 8.11. The Morgan fingerprint density at radius 2 is 1.60 bits per heavy atom. The zero-order valence-electron chi connectivity index (χ0n) is 34.0. The molecule has 1 heterocycles. The number of nitrogens with zero attached hydrogens (tertiary/aromatic N) is 3. The standard InChI is InChI=1S/C39H54N4O11.Pr/c1-22(2)52-29-18-23(14-16-27(29)41-32(45)30(31(44)38(6,7)8)43-34(47)39(9,10)54-36(43)49)33(46)53-25(20-40-35(48)42(11)12)21-51-28-17-15-24(50-13)19-26(28)37(3,4)5;/h14-19,22,25,30H,20-21H2,1-13H3,(H2,40,41,45,46,48);/q;+3/p-1. The molecule has 0 aromatic heterocycles. The number of nitrogens with one attached hydrogen (secondary N) is 1. The average molecular weight is 895 g/mol. The fraction of sp³-hybridized carbons (Fsp3) is 0.538. The SMILES string of the molecule is COc1ccc(OCC(C[N-]C(=O)N(C)C)OC(=O)c2ccc(NC(=O)C(C(=O)C(C)(C)C)N3C(=O)OC(C)(C)C3=O)c(OC(C)C)c2)c(C(C)(C)C)c1.[Pr+3]. The molecule has 1 N–H and O–H groups in total. The van der Waals surface area contributed by atoms with Crippen LogP contribution in [0, 0.1) is 46.7 Å². The van der Waals surface area contributed by atoms with E-state index in [1.54, 1.807) is 68.0 Å². The van der Waals surface area contributed by atoms with Gasteiger partial charge in [0.15, 0.2) is 23.5 Å². The van der Waals surface area contributed by atoms with Gasteiger partial charge in [0.1, 0.15) is 30.0 Å². The zero-order valence-corrected chi connectivity index (χ0v) is 37.7. The molecule has 0 saturated carbocycles. The molecule has 0 bridgehead atoms. The number of rotatable bonds is 14. The Labute approximate surface area is 356 Å². The summed E-state index contributed by atoms with van der Waals surface area (Å²) >= 11 is 0. The Morgan fingerprint density at radius 1 is 0.964 bits per heavy atom. The van der Waals surface area contributed by atoms with Crippen molar-refractivity contribution in [1.82, 2.24) is 9.80 Å². The molecule has 1 fully saturated rings. The summed E-state index contributed by atoms with van der Waals surface area (Å²) in [7, 11) is 4.66. The summed E-state index contributed by atoms with van der Waals surface area (Å²) in [6, 6.07) is 7.07. The van der Waals surface area contributed by atoms with Crippen LogP contribution in [0.5, 0.6) is 17.2 Å². The van der Waals surface area contributed by atoms with Gasteiger partial charge in [0.05, 0.1) is 24.5 Å². The molecule has 2 atom stereocenters. The fourth-order valence-corrected chi connectivity index (χ4v) is 5.17. The van der Waals surface area contributed by atoms with Gasteiger partial charge in [-0.2, -0.15) is 0 Å². The van der Waals surface area contributed by atoms with Crippen LogP contribution in [0.2, 0.25) is 0 Å². The third kappa shape index (κ3) is 12.3. The number of hydrogen-bond acceptors (Lipinski definition) is 11. The van der Waals surface area contributed by atoms with E-state index in [9.17, 15) is 28.8 Å². The number of methoxy groups -OCH3 is 1. The normalized spacial score (nSPS) is 14.9. The zero-order chi connectivity index (χ0) is 40.9. The number of cyclic esters (lactones) is 1. The maximum absolute atomic E-state index is 13.8. The quantitative estimate of drug-likeness (QED) is 0.171. The van der Waals surface area contributed by atoms with Crippen molar-refractivity contribution in [3.63, 3.8) is 0 Å². The van der Waals surface area contributed by atoms with Gasteiger partial charge in [0, 0.05) is 11.0 Å². The first kappa shape index (κ1) is 47.2. The molecule has 1 aliphatic rings. The molecule has 55 heavy (non-hydrogen) atoms. The molecule has 16 heteroatoms. The van der Waals surface area contributed by atoms with Crippen LogP contribution in [0.15, 0.2) is 36.4 Å². The number of carbonyl (C=O) groups excluding carboxylic acids is 6. The fourth-order valence-electron chi connectivity index (χ4n) is 5.17. The van der Waals surface area contributed by atoms with Crippen molar-refractivity contribution < 1.29 is 93.7 Å². The van der Waals surface area contributed by atoms with Crippen molar-refractivity contribution in [1.29, 1.82) is 0 Å². The Balaban J connectivity index is 0.0000105. The monoisotopic (exact) mass is 894 g/mol. The van der Waals surface area contributed by atoms with Crippen molar-refractivity contribution in [2.24, 2.45) is 5.41 Å². The molecule has 0 aliphatic carbocycles. The minimum Gasteiger partial charge on any atom is -0.497 e. The van der Waals surface area contributed by atoms with E-state index in [-0.39, 0.29) is 76.9 Å². The molecule has 3 rings (SSSR count). The van der Waals surface area contributed by atoms with Gasteiger partial charge < -0.3 is 39.2 Å². The van der Waals surface area contributed by atoms with Crippen LogP contribution in [0.25, 0.3) is 5.32 Å². The van der Waals surface area contributed by atoms with Gasteiger partial charge in [-0.3, -0.25) is 19.2 Å². The Hall–Kier alpha value is -3.98. The number of esters is 1. The van der Waals surface area contributed by atoms with Crippen LogP contribution in [0.4, 0.5) is 15.3 Å². The molecular weight excluding hydrogens is 841 g/mol. The number of benzene rings is 2. The number of carbonyl (C=O) groups is 6. The molecule has 0 spiro atoms. The first-order chi connectivity index (χ1) is 24.9. The number of imide groups is 1. The first-order valence-electron chi connectivity index (χ1n) is 17.5. The van der Waals surface area contributed by atoms with Gasteiger partial charge >= 0.3 is 53.4 Å². The third-order valence-corrected chi connectivity index (χ3v) is 8.11. The summed E-state index contributed by atoms with van der Waals surface area (Å²) in [5, 5.41) is 6.64. The van der Waals surface area contributed by atoms with Crippen LogP contribution >= 0.6 is 0 Å². The van der Waals surface area contributed by atoms with E-state index in [2.05, 4.69) is 10.6 Å². The molecule has 15 nitrogen and oxygen atoms in total. The maximum Gasteiger partial charge on any atom is 3.00 e. The van der Waals surface area contributed by atoms with Crippen LogP contribution in [0.1, 0.15) is 85.2 Å². The predicted octanol–water partition coefficient (Wildman–Crippen LogP) is 6.12. The number of anilines is 1. The molecule has 2 aromatic carbocycles. The van der Waals surface area contributed by atoms with Crippen LogP contribution < -0.4 is 19.5 Å². The first-order valence-corrected chi connectivity index (χ1v) is 17.5. The summed E-state index contributed by atoms with van der Waals surface area (Å²) in [5.41, 5.74) is -2.11. The maximum atomic E-state index is 13.8. The minimum absolute atomic E-state index is 0. The predicted molar refractivity (Wildman–Crippen MR) is 200 cm³/mol. The van der Waals surface area contributed by atoms with Crippen LogP contribution in [-0.2, 0) is 29.3 Å². The number of urea groups is 1. The van der Waals surface area contributed by atoms with Gasteiger partial charge in [0.25, 0.3) is 11.8 Å². The topological polar surface area (TPSA) is 181 Å². The second-order valence-electron chi connectivity index (χ2n) is 15.9. The summed E-state index contributed by atoms with van der Waals surface area (Å²) < 4.78 is 28.5. The molecule has 5 amide bonds. The van der Waals surface area contributed by atoms with Crippen molar-refractivity contribution in [3.8, 4) is 17.2 Å². The van der Waals surface area contributed by atoms with E-state index in [1.165, 1.54) is 36.9 Å². The van der Waals surface area contributed by atoms with Gasteiger partial charge in [-0.1, -0.05) is 55.6 Å². The van der Waals surface area contributed by atoms with E-state index in [0.29, 0.717) is 16.4 Å². The molecule has 2 aromatic rings. The van der Waals surface area contributed by atoms with E-state index < -0.39 is 65.0 Å². The summed E-state index contributed by atoms with van der Waals surface area (Å²) in [6.45, 7) is 16.6. The van der Waals surface area contributed by atoms with Gasteiger partial charge in [-0.05, 0) is 76.1 Å². The van der Waals surface area contributed by atoms with Crippen molar-refractivity contribution in [2.45, 2.75) is 98.5 Å². The Morgan fingerprint density at radius 3 is 2.11 bits per heavy atom. The van der Waals surface area contributed by atoms with E-state index >= 15 is 0 Å². The molecule has 1 aliphatic heterocycles. The molecule has 1 saturated heterocycles. The number of Topliss-reactive ketones (excluding diaryl/α,β-unsaturated/α-hetero) is 1. The second kappa shape index (κ2) is 18.8. The minimum atomic E-state index is -1.86. The number of hydrogen-bond donors (Lipinski definition) is 1. The Bertz CT molecular complexity index is 1760. The average Bonchev–Trinajstić information content (AvgIpc) is 3.26. The summed E-state index contributed by atoms with van der Waals surface area (Å²) in [6.07, 6.45) is -2.57. The Kier molecular flexibility index (Phi) is 16.1. The van der Waals surface area contributed by atoms with Crippen LogP contribution in [-0.4, -0.2) is 104 Å². The molecule has 296 valence electrons. The van der Waals surface area contributed by atoms with Crippen molar-refractivity contribution in [3.05, 3.63) is 52.8 Å². The second-order valence-corrected chi connectivity index (χ2v) is 15.9. The van der Waals surface area contributed by atoms with Gasteiger partial charge in [-0.25, -0.2) is 14.5 Å². The van der Waals surface area contributed by atoms with Crippen molar-refractivity contribution >= 4 is 41.4 Å². The smallest absolute Gasteiger partial charge is 0.497 e. The summed E-state index contributed by atoms with van der Waals surface area (Å²) in [5.74, 6) is -2.12. The van der Waals surface area contributed by atoms with E-state index in [1.807, 2.05) is 26.8 Å². The van der Waals surface area contributed by atoms with Gasteiger partial charge in [-0.15, -0.1) is 0 Å². The van der Waals surface area contributed by atoms with Crippen molar-refractivity contribution in [2.75, 3.05) is 39.7 Å². The van der Waals surface area contributed by atoms with Crippen LogP contribution in [0.3, 0.4) is 0 Å².